The Bertz CT molecular complexity index is 1110. The quantitative estimate of drug-likeness (QED) is 0.0167. The fraction of sp³-hybridized carbons (Fsp3) is 0.891. The Hall–Kier alpha value is -1.86. The zero-order valence-corrected chi connectivity index (χ0v) is 38.7. The number of carboxylic acids is 1. The molecule has 0 saturated carbocycles. The molecule has 0 amide bonds. The third kappa shape index (κ3) is 39.0. The van der Waals surface area contributed by atoms with Gasteiger partial charge in [0.15, 0.2) is 6.10 Å². The number of allylic oxidation sites excluding steroid dienone is 1. The van der Waals surface area contributed by atoms with Gasteiger partial charge < -0.3 is 35.4 Å². The summed E-state index contributed by atoms with van der Waals surface area (Å²) < 4.78 is 32.7. The molecule has 0 spiro atoms. The van der Waals surface area contributed by atoms with Crippen LogP contribution in [0.15, 0.2) is 12.2 Å². The van der Waals surface area contributed by atoms with Crippen LogP contribution in [0.25, 0.3) is 0 Å². The van der Waals surface area contributed by atoms with E-state index in [1.54, 1.807) is 0 Å². The molecular weight excluding hydrogens is 789 g/mol. The van der Waals surface area contributed by atoms with E-state index in [2.05, 4.69) is 24.4 Å². The van der Waals surface area contributed by atoms with Gasteiger partial charge >= 0.3 is 25.7 Å². The molecule has 13 nitrogen and oxygen atoms in total. The summed E-state index contributed by atoms with van der Waals surface area (Å²) in [7, 11) is -4.75. The van der Waals surface area contributed by atoms with Gasteiger partial charge in [-0.2, -0.15) is 0 Å². The third-order valence-corrected chi connectivity index (χ3v) is 11.7. The minimum Gasteiger partial charge on any atom is -0.480 e. The Morgan fingerprint density at radius 2 is 1.00 bits per heavy atom. The largest absolute Gasteiger partial charge is 0.480 e. The van der Waals surface area contributed by atoms with Gasteiger partial charge in [-0.05, 0) is 38.5 Å². The number of aliphatic carboxylic acids is 1. The summed E-state index contributed by atoms with van der Waals surface area (Å²) in [6, 6.07) is -1.54. The number of unbranched alkanes of at least 4 members (excludes halogenated alkanes) is 25. The lowest BCUT2D eigenvalue weighted by molar-refractivity contribution is -0.161. The van der Waals surface area contributed by atoms with Crippen molar-refractivity contribution < 1.29 is 57.7 Å². The first-order valence-electron chi connectivity index (χ1n) is 23.9. The molecule has 0 aromatic carbocycles. The van der Waals surface area contributed by atoms with E-state index < -0.39 is 69.9 Å². The summed E-state index contributed by atoms with van der Waals surface area (Å²) in [5.41, 5.74) is 5.33. The van der Waals surface area contributed by atoms with Crippen molar-refractivity contribution in [2.24, 2.45) is 5.73 Å². The molecule has 0 radical (unpaired) electrons. The standard InChI is InChI=1S/C46H88NO12P/c1-3-5-7-9-11-12-13-14-15-16-17-18-19-20-21-22-23-27-32-36-45(51)59-40(38-57-60(54,55)58-39-41(47)46(52)53)37-56-44(50)35-31-28-24-26-30-34-43(49)42(48)33-29-25-10-8-6-4-2/h25,29,40-43,48-49H,3-24,26-28,30-39,47H2,1-2H3,(H,52,53)(H,54,55)/b29-25-/t40-,41+,42-,43-/m1/s1. The molecule has 0 heterocycles. The van der Waals surface area contributed by atoms with Gasteiger partial charge in [-0.25, -0.2) is 4.57 Å². The molecule has 0 aliphatic heterocycles. The second kappa shape index (κ2) is 41.2. The van der Waals surface area contributed by atoms with Crippen molar-refractivity contribution in [2.75, 3.05) is 19.8 Å². The highest BCUT2D eigenvalue weighted by atomic mass is 31.2. The maximum absolute atomic E-state index is 12.7. The van der Waals surface area contributed by atoms with Gasteiger partial charge in [-0.15, -0.1) is 0 Å². The molecule has 0 rings (SSSR count). The van der Waals surface area contributed by atoms with Crippen LogP contribution in [0.5, 0.6) is 0 Å². The lowest BCUT2D eigenvalue weighted by Crippen LogP contribution is -2.34. The average molecular weight is 878 g/mol. The second-order valence-electron chi connectivity index (χ2n) is 16.6. The van der Waals surface area contributed by atoms with E-state index in [9.17, 15) is 34.1 Å². The molecule has 1 unspecified atom stereocenters. The number of ether oxygens (including phenoxy) is 2. The monoisotopic (exact) mass is 878 g/mol. The number of carbonyl (C=O) groups is 3. The minimum absolute atomic E-state index is 0.126. The molecule has 14 heteroatoms. The molecule has 0 aliphatic carbocycles. The number of esters is 2. The van der Waals surface area contributed by atoms with Crippen LogP contribution in [0.4, 0.5) is 0 Å². The van der Waals surface area contributed by atoms with Gasteiger partial charge in [0.2, 0.25) is 0 Å². The van der Waals surface area contributed by atoms with Gasteiger partial charge in [0.25, 0.3) is 0 Å². The van der Waals surface area contributed by atoms with E-state index in [1.807, 2.05) is 6.08 Å². The normalized spacial score (nSPS) is 14.8. The van der Waals surface area contributed by atoms with Crippen LogP contribution in [0.3, 0.4) is 0 Å². The molecule has 5 atom stereocenters. The van der Waals surface area contributed by atoms with Crippen LogP contribution in [0.2, 0.25) is 0 Å². The Morgan fingerprint density at radius 1 is 0.567 bits per heavy atom. The lowest BCUT2D eigenvalue weighted by atomic mass is 10.0. The fourth-order valence-corrected chi connectivity index (χ4v) is 7.57. The number of phosphoric ester groups is 1. The first-order valence-corrected chi connectivity index (χ1v) is 25.4. The van der Waals surface area contributed by atoms with E-state index in [4.69, 9.17) is 24.8 Å². The minimum atomic E-state index is -4.75. The van der Waals surface area contributed by atoms with Crippen LogP contribution < -0.4 is 5.73 Å². The summed E-state index contributed by atoms with van der Waals surface area (Å²) in [6.45, 7) is 2.62. The number of phosphoric acid groups is 1. The second-order valence-corrected chi connectivity index (χ2v) is 18.0. The lowest BCUT2D eigenvalue weighted by Gasteiger charge is -2.20. The summed E-state index contributed by atoms with van der Waals surface area (Å²) >= 11 is 0. The Balaban J connectivity index is 4.37. The van der Waals surface area contributed by atoms with Crippen LogP contribution in [0.1, 0.15) is 219 Å². The van der Waals surface area contributed by atoms with Crippen molar-refractivity contribution in [3.8, 4) is 0 Å². The molecule has 0 aliphatic rings. The molecule has 0 bridgehead atoms. The Morgan fingerprint density at radius 3 is 1.50 bits per heavy atom. The van der Waals surface area contributed by atoms with Gasteiger partial charge in [0.1, 0.15) is 12.6 Å². The van der Waals surface area contributed by atoms with Crippen molar-refractivity contribution in [1.82, 2.24) is 0 Å². The molecule has 6 N–H and O–H groups in total. The van der Waals surface area contributed by atoms with E-state index in [-0.39, 0.29) is 12.8 Å². The first kappa shape index (κ1) is 58.1. The SMILES string of the molecule is CCCCC/C=C\C[C@@H](O)[C@H](O)CCCCCCCC(=O)OC[C@H](COP(=O)(O)OC[C@H](N)C(=O)O)OC(=O)CCCCCCCCCCCCCCCCCCCCC. The van der Waals surface area contributed by atoms with Crippen molar-refractivity contribution in [2.45, 2.75) is 244 Å². The van der Waals surface area contributed by atoms with Crippen LogP contribution >= 0.6 is 7.82 Å². The summed E-state index contributed by atoms with van der Waals surface area (Å²) in [5.74, 6) is -2.49. The van der Waals surface area contributed by atoms with E-state index in [1.165, 1.54) is 109 Å². The maximum Gasteiger partial charge on any atom is 0.472 e. The fourth-order valence-electron chi connectivity index (χ4n) is 6.80. The molecule has 0 fully saturated rings. The summed E-state index contributed by atoms with van der Waals surface area (Å²) in [6.07, 6.45) is 34.4. The topological polar surface area (TPSA) is 212 Å². The van der Waals surface area contributed by atoms with Crippen molar-refractivity contribution in [3.05, 3.63) is 12.2 Å². The van der Waals surface area contributed by atoms with Gasteiger partial charge in [-0.1, -0.05) is 180 Å². The highest BCUT2D eigenvalue weighted by Crippen LogP contribution is 2.43. The number of aliphatic hydroxyl groups is 2. The van der Waals surface area contributed by atoms with Crippen molar-refractivity contribution in [1.29, 1.82) is 0 Å². The molecule has 60 heavy (non-hydrogen) atoms. The highest BCUT2D eigenvalue weighted by molar-refractivity contribution is 7.47. The maximum atomic E-state index is 12.7. The highest BCUT2D eigenvalue weighted by Gasteiger charge is 2.28. The van der Waals surface area contributed by atoms with E-state index >= 15 is 0 Å². The van der Waals surface area contributed by atoms with Crippen molar-refractivity contribution in [3.63, 3.8) is 0 Å². The van der Waals surface area contributed by atoms with Crippen LogP contribution in [0, 0.1) is 0 Å². The molecule has 0 aromatic rings. The number of aliphatic hydroxyl groups excluding tert-OH is 2. The number of hydrogen-bond donors (Lipinski definition) is 5. The van der Waals surface area contributed by atoms with Crippen molar-refractivity contribution >= 4 is 25.7 Å². The predicted molar refractivity (Wildman–Crippen MR) is 238 cm³/mol. The van der Waals surface area contributed by atoms with E-state index in [0.29, 0.717) is 25.7 Å². The zero-order valence-electron chi connectivity index (χ0n) is 37.8. The van der Waals surface area contributed by atoms with Gasteiger partial charge in [0.05, 0.1) is 25.4 Å². The predicted octanol–water partition coefficient (Wildman–Crippen LogP) is 10.8. The van der Waals surface area contributed by atoms with Crippen LogP contribution in [-0.2, 0) is 37.5 Å². The smallest absolute Gasteiger partial charge is 0.472 e. The number of rotatable bonds is 45. The van der Waals surface area contributed by atoms with Gasteiger partial charge in [-0.3, -0.25) is 23.4 Å². The van der Waals surface area contributed by atoms with E-state index in [0.717, 1.165) is 57.8 Å². The molecule has 0 aromatic heterocycles. The molecule has 354 valence electrons. The van der Waals surface area contributed by atoms with Gasteiger partial charge in [0, 0.05) is 12.8 Å². The first-order chi connectivity index (χ1) is 28.9. The Kier molecular flexibility index (Phi) is 39.9. The molecular formula is C46H88NO12P. The third-order valence-electron chi connectivity index (χ3n) is 10.7. The molecule has 0 saturated heterocycles. The number of nitrogens with two attached hydrogens (primary N) is 1. The number of carboxylic acid groups (broad SMARTS) is 1. The summed E-state index contributed by atoms with van der Waals surface area (Å²) in [4.78, 5) is 46.1. The number of carbonyl (C=O) groups excluding carboxylic acids is 2. The Labute approximate surface area is 363 Å². The average Bonchev–Trinajstić information content (AvgIpc) is 3.22. The van der Waals surface area contributed by atoms with Crippen LogP contribution in [-0.4, -0.2) is 82.3 Å². The number of hydrogen-bond acceptors (Lipinski definition) is 11. The summed E-state index contributed by atoms with van der Waals surface area (Å²) in [5, 5.41) is 29.3. The zero-order chi connectivity index (χ0) is 44.5.